The first kappa shape index (κ1) is 13.8. The van der Waals surface area contributed by atoms with Crippen LogP contribution in [0.1, 0.15) is 10.4 Å². The molecule has 2 rings (SSSR count). The molecule has 1 saturated heterocycles. The Kier molecular flexibility index (Phi) is 4.76. The van der Waals surface area contributed by atoms with Crippen molar-refractivity contribution >= 4 is 5.91 Å². The predicted octanol–water partition coefficient (Wildman–Crippen LogP) is 0.756. The molecule has 1 atom stereocenters. The highest BCUT2D eigenvalue weighted by molar-refractivity contribution is 5.94. The number of carbonyl (C=O) groups is 1. The van der Waals surface area contributed by atoms with Crippen LogP contribution < -0.4 is 10.1 Å². The lowest BCUT2D eigenvalue weighted by Crippen LogP contribution is -2.45. The molecule has 1 fully saturated rings. The Hall–Kier alpha value is -1.59. The summed E-state index contributed by atoms with van der Waals surface area (Å²) in [5.74, 6) is 0.669. The van der Waals surface area contributed by atoms with E-state index in [2.05, 4.69) is 5.32 Å². The summed E-state index contributed by atoms with van der Waals surface area (Å²) in [6.07, 6.45) is 0.0632. The van der Waals surface area contributed by atoms with Gasteiger partial charge in [-0.05, 0) is 18.2 Å². The third-order valence-corrected chi connectivity index (χ3v) is 3.15. The SMILES string of the molecule is COc1cccc(C(=O)N(C)CC2CNCCO2)c1. The molecule has 0 bridgehead atoms. The number of morpholine rings is 1. The Balaban J connectivity index is 1.97. The highest BCUT2D eigenvalue weighted by atomic mass is 16.5. The third kappa shape index (κ3) is 3.68. The van der Waals surface area contributed by atoms with Gasteiger partial charge in [-0.15, -0.1) is 0 Å². The fraction of sp³-hybridized carbons (Fsp3) is 0.500. The third-order valence-electron chi connectivity index (χ3n) is 3.15. The number of rotatable bonds is 4. The number of hydrogen-bond donors (Lipinski definition) is 1. The molecule has 0 saturated carbocycles. The van der Waals surface area contributed by atoms with Gasteiger partial charge in [-0.2, -0.15) is 0 Å². The normalized spacial score (nSPS) is 18.9. The molecule has 0 aliphatic carbocycles. The van der Waals surface area contributed by atoms with Gasteiger partial charge in [-0.25, -0.2) is 0 Å². The molecule has 1 amide bonds. The molecule has 19 heavy (non-hydrogen) atoms. The number of nitrogens with one attached hydrogen (secondary N) is 1. The van der Waals surface area contributed by atoms with Gasteiger partial charge < -0.3 is 19.7 Å². The van der Waals surface area contributed by atoms with Crippen molar-refractivity contribution in [1.82, 2.24) is 10.2 Å². The van der Waals surface area contributed by atoms with Gasteiger partial charge in [0.1, 0.15) is 5.75 Å². The van der Waals surface area contributed by atoms with E-state index in [1.54, 1.807) is 31.2 Å². The smallest absolute Gasteiger partial charge is 0.253 e. The zero-order valence-corrected chi connectivity index (χ0v) is 11.4. The monoisotopic (exact) mass is 264 g/mol. The lowest BCUT2D eigenvalue weighted by molar-refractivity contribution is 0.0104. The summed E-state index contributed by atoms with van der Waals surface area (Å²) in [5.41, 5.74) is 0.630. The summed E-state index contributed by atoms with van der Waals surface area (Å²) in [7, 11) is 3.38. The molecule has 0 spiro atoms. The molecule has 1 heterocycles. The maximum Gasteiger partial charge on any atom is 0.253 e. The molecule has 0 aromatic heterocycles. The molecule has 1 unspecified atom stereocenters. The molecule has 5 nitrogen and oxygen atoms in total. The van der Waals surface area contributed by atoms with Crippen molar-refractivity contribution in [2.45, 2.75) is 6.10 Å². The number of benzene rings is 1. The van der Waals surface area contributed by atoms with Crippen molar-refractivity contribution in [3.8, 4) is 5.75 Å². The Morgan fingerprint density at radius 2 is 2.42 bits per heavy atom. The number of nitrogens with zero attached hydrogens (tertiary/aromatic N) is 1. The van der Waals surface area contributed by atoms with Crippen molar-refractivity contribution in [1.29, 1.82) is 0 Å². The Morgan fingerprint density at radius 3 is 3.11 bits per heavy atom. The highest BCUT2D eigenvalue weighted by Crippen LogP contribution is 2.14. The van der Waals surface area contributed by atoms with Crippen LogP contribution in [0.25, 0.3) is 0 Å². The van der Waals surface area contributed by atoms with E-state index in [-0.39, 0.29) is 12.0 Å². The zero-order valence-electron chi connectivity index (χ0n) is 11.4. The largest absolute Gasteiger partial charge is 0.497 e. The molecular formula is C14H20N2O3. The van der Waals surface area contributed by atoms with E-state index in [9.17, 15) is 4.79 Å². The number of amides is 1. The number of hydrogen-bond acceptors (Lipinski definition) is 4. The minimum Gasteiger partial charge on any atom is -0.497 e. The second-order valence-electron chi connectivity index (χ2n) is 4.61. The van der Waals surface area contributed by atoms with Gasteiger partial charge in [-0.1, -0.05) is 6.07 Å². The first-order valence-corrected chi connectivity index (χ1v) is 6.42. The molecule has 1 aliphatic rings. The lowest BCUT2D eigenvalue weighted by Gasteiger charge is -2.28. The average molecular weight is 264 g/mol. The van der Waals surface area contributed by atoms with Gasteiger partial charge in [0.15, 0.2) is 0 Å². The van der Waals surface area contributed by atoms with Gasteiger partial charge in [0.05, 0.1) is 19.8 Å². The second kappa shape index (κ2) is 6.54. The van der Waals surface area contributed by atoms with E-state index < -0.39 is 0 Å². The first-order valence-electron chi connectivity index (χ1n) is 6.42. The standard InChI is InChI=1S/C14H20N2O3/c1-16(10-13-9-15-6-7-19-13)14(17)11-4-3-5-12(8-11)18-2/h3-5,8,13,15H,6-7,9-10H2,1-2H3. The maximum absolute atomic E-state index is 12.3. The lowest BCUT2D eigenvalue weighted by atomic mass is 10.2. The van der Waals surface area contributed by atoms with Gasteiger partial charge in [0, 0.05) is 32.2 Å². The Bertz CT molecular complexity index is 430. The van der Waals surface area contributed by atoms with Crippen LogP contribution in [0.15, 0.2) is 24.3 Å². The van der Waals surface area contributed by atoms with E-state index in [0.29, 0.717) is 24.5 Å². The van der Waals surface area contributed by atoms with Gasteiger partial charge >= 0.3 is 0 Å². The number of methoxy groups -OCH3 is 1. The van der Waals surface area contributed by atoms with Gasteiger partial charge in [-0.3, -0.25) is 4.79 Å². The van der Waals surface area contributed by atoms with Crippen LogP contribution in [0.3, 0.4) is 0 Å². The van der Waals surface area contributed by atoms with Crippen LogP contribution in [-0.4, -0.2) is 57.3 Å². The van der Waals surface area contributed by atoms with Crippen LogP contribution >= 0.6 is 0 Å². The molecule has 1 N–H and O–H groups in total. The number of likely N-dealkylation sites (N-methyl/N-ethyl adjacent to an activating group) is 1. The molecule has 1 aromatic rings. The van der Waals surface area contributed by atoms with Crippen molar-refractivity contribution in [3.05, 3.63) is 29.8 Å². The fourth-order valence-electron chi connectivity index (χ4n) is 2.10. The summed E-state index contributed by atoms with van der Waals surface area (Å²) in [6, 6.07) is 7.18. The summed E-state index contributed by atoms with van der Waals surface area (Å²) in [6.45, 7) is 2.95. The van der Waals surface area contributed by atoms with Gasteiger partial charge in [0.25, 0.3) is 5.91 Å². The number of ether oxygens (including phenoxy) is 2. The van der Waals surface area contributed by atoms with Crippen molar-refractivity contribution in [2.75, 3.05) is 40.4 Å². The second-order valence-corrected chi connectivity index (χ2v) is 4.61. The minimum atomic E-state index is -0.0203. The summed E-state index contributed by atoms with van der Waals surface area (Å²) in [4.78, 5) is 14.0. The summed E-state index contributed by atoms with van der Waals surface area (Å²) < 4.78 is 10.7. The molecule has 104 valence electrons. The van der Waals surface area contributed by atoms with Crippen LogP contribution in [0.5, 0.6) is 5.75 Å². The summed E-state index contributed by atoms with van der Waals surface area (Å²) in [5, 5.41) is 3.25. The molecule has 1 aliphatic heterocycles. The van der Waals surface area contributed by atoms with E-state index in [4.69, 9.17) is 9.47 Å². The molecule has 0 radical (unpaired) electrons. The van der Waals surface area contributed by atoms with E-state index >= 15 is 0 Å². The molecule has 5 heteroatoms. The fourth-order valence-corrected chi connectivity index (χ4v) is 2.10. The summed E-state index contributed by atoms with van der Waals surface area (Å²) >= 11 is 0. The van der Waals surface area contributed by atoms with Crippen LogP contribution in [0, 0.1) is 0 Å². The quantitative estimate of drug-likeness (QED) is 0.872. The van der Waals surface area contributed by atoms with Gasteiger partial charge in [0.2, 0.25) is 0 Å². The predicted molar refractivity (Wildman–Crippen MR) is 72.6 cm³/mol. The Morgan fingerprint density at radius 1 is 1.58 bits per heavy atom. The average Bonchev–Trinajstić information content (AvgIpc) is 2.47. The van der Waals surface area contributed by atoms with Crippen molar-refractivity contribution in [2.24, 2.45) is 0 Å². The zero-order chi connectivity index (χ0) is 13.7. The van der Waals surface area contributed by atoms with Crippen LogP contribution in [0.4, 0.5) is 0 Å². The Labute approximate surface area is 113 Å². The topological polar surface area (TPSA) is 50.8 Å². The minimum absolute atomic E-state index is 0.0203. The first-order chi connectivity index (χ1) is 9.20. The van der Waals surface area contributed by atoms with Crippen molar-refractivity contribution in [3.63, 3.8) is 0 Å². The van der Waals surface area contributed by atoms with Crippen LogP contribution in [0.2, 0.25) is 0 Å². The number of carbonyl (C=O) groups excluding carboxylic acids is 1. The van der Waals surface area contributed by atoms with E-state index in [1.165, 1.54) is 0 Å². The highest BCUT2D eigenvalue weighted by Gasteiger charge is 2.19. The molecular weight excluding hydrogens is 244 g/mol. The van der Waals surface area contributed by atoms with E-state index in [1.807, 2.05) is 12.1 Å². The van der Waals surface area contributed by atoms with E-state index in [0.717, 1.165) is 13.1 Å². The maximum atomic E-state index is 12.3. The van der Waals surface area contributed by atoms with Crippen molar-refractivity contribution < 1.29 is 14.3 Å². The molecule has 1 aromatic carbocycles. The van der Waals surface area contributed by atoms with Crippen LogP contribution in [-0.2, 0) is 4.74 Å².